The van der Waals surface area contributed by atoms with Crippen LogP contribution in [0.4, 0.5) is 5.69 Å². The van der Waals surface area contributed by atoms with Crippen molar-refractivity contribution in [1.29, 1.82) is 0 Å². The lowest BCUT2D eigenvalue weighted by Crippen LogP contribution is -2.40. The predicted octanol–water partition coefficient (Wildman–Crippen LogP) is 3.15. The summed E-state index contributed by atoms with van der Waals surface area (Å²) < 4.78 is 7.31. The smallest absolute Gasteiger partial charge is 0.263 e. The van der Waals surface area contributed by atoms with Gasteiger partial charge in [-0.25, -0.2) is 0 Å². The van der Waals surface area contributed by atoms with Crippen LogP contribution in [0, 0.1) is 0 Å². The zero-order valence-electron chi connectivity index (χ0n) is 10.8. The monoisotopic (exact) mass is 354 g/mol. The van der Waals surface area contributed by atoms with E-state index in [-0.39, 0.29) is 11.9 Å². The van der Waals surface area contributed by atoms with E-state index >= 15 is 0 Å². The molecule has 4 nitrogen and oxygen atoms in total. The van der Waals surface area contributed by atoms with Crippen LogP contribution < -0.4 is 11.1 Å². The van der Waals surface area contributed by atoms with Gasteiger partial charge in [-0.1, -0.05) is 22.0 Å². The summed E-state index contributed by atoms with van der Waals surface area (Å²) in [5.74, 6) is -0.105. The van der Waals surface area contributed by atoms with Crippen LogP contribution in [0.15, 0.2) is 22.7 Å². The molecular formula is C14H15BrN2O2S. The Labute approximate surface area is 129 Å². The summed E-state index contributed by atoms with van der Waals surface area (Å²) in [6, 6.07) is 5.94. The van der Waals surface area contributed by atoms with E-state index in [1.165, 1.54) is 11.3 Å². The Hall–Kier alpha value is -1.11. The van der Waals surface area contributed by atoms with E-state index < -0.39 is 0 Å². The number of thiophene rings is 1. The number of hydrogen-bond donors (Lipinski definition) is 2. The molecule has 3 N–H and O–H groups in total. The molecule has 0 radical (unpaired) electrons. The highest BCUT2D eigenvalue weighted by molar-refractivity contribution is 9.10. The molecule has 20 heavy (non-hydrogen) atoms. The second-order valence-corrected chi connectivity index (χ2v) is 6.75. The number of nitrogens with one attached hydrogen (secondary N) is 1. The molecule has 1 aromatic carbocycles. The molecule has 1 aliphatic rings. The van der Waals surface area contributed by atoms with Gasteiger partial charge in [0.25, 0.3) is 5.91 Å². The van der Waals surface area contributed by atoms with Crippen molar-refractivity contribution in [3.05, 3.63) is 27.5 Å². The zero-order chi connectivity index (χ0) is 14.1. The average Bonchev–Trinajstić information content (AvgIpc) is 2.79. The summed E-state index contributed by atoms with van der Waals surface area (Å²) in [5, 5.41) is 3.93. The van der Waals surface area contributed by atoms with Gasteiger partial charge in [0, 0.05) is 21.2 Å². The number of halogens is 1. The molecule has 2 heterocycles. The van der Waals surface area contributed by atoms with Crippen LogP contribution in [0.3, 0.4) is 0 Å². The second-order valence-electron chi connectivity index (χ2n) is 4.85. The second kappa shape index (κ2) is 5.71. The molecule has 1 saturated heterocycles. The fraction of sp³-hybridized carbons (Fsp3) is 0.357. The van der Waals surface area contributed by atoms with Gasteiger partial charge < -0.3 is 15.8 Å². The van der Waals surface area contributed by atoms with Crippen LogP contribution in [-0.4, -0.2) is 25.2 Å². The van der Waals surface area contributed by atoms with Crippen LogP contribution in [0.25, 0.3) is 10.1 Å². The van der Waals surface area contributed by atoms with E-state index in [0.717, 1.165) is 34.0 Å². The highest BCUT2D eigenvalue weighted by Crippen LogP contribution is 2.38. The Morgan fingerprint density at radius 1 is 1.50 bits per heavy atom. The van der Waals surface area contributed by atoms with Crippen LogP contribution >= 0.6 is 27.3 Å². The third kappa shape index (κ3) is 2.55. The number of hydrogen-bond acceptors (Lipinski definition) is 4. The number of carbonyl (C=O) groups is 1. The summed E-state index contributed by atoms with van der Waals surface area (Å²) in [7, 11) is 0. The van der Waals surface area contributed by atoms with Crippen molar-refractivity contribution >= 4 is 48.9 Å². The highest BCUT2D eigenvalue weighted by Gasteiger charge is 2.21. The molecule has 1 aliphatic heterocycles. The first-order chi connectivity index (χ1) is 9.66. The molecule has 0 bridgehead atoms. The number of amides is 1. The van der Waals surface area contributed by atoms with Gasteiger partial charge in [0.1, 0.15) is 4.88 Å². The minimum absolute atomic E-state index is 0.0873. The molecule has 0 aliphatic carbocycles. The maximum atomic E-state index is 12.4. The standard InChI is InChI=1S/C14H15BrN2O2S/c15-9-4-1-5-10-11(9)12(16)13(20-10)14(18)17-8-3-2-6-19-7-8/h1,4-5,8H,2-3,6-7,16H2,(H,17,18). The topological polar surface area (TPSA) is 64.4 Å². The average molecular weight is 355 g/mol. The van der Waals surface area contributed by atoms with Gasteiger partial charge in [-0.2, -0.15) is 0 Å². The zero-order valence-corrected chi connectivity index (χ0v) is 13.2. The lowest BCUT2D eigenvalue weighted by Gasteiger charge is -2.22. The first-order valence-corrected chi connectivity index (χ1v) is 8.13. The van der Waals surface area contributed by atoms with E-state index in [0.29, 0.717) is 17.2 Å². The molecule has 106 valence electrons. The first kappa shape index (κ1) is 13.9. The Morgan fingerprint density at radius 2 is 2.35 bits per heavy atom. The number of nitrogens with two attached hydrogens (primary N) is 1. The molecule has 1 unspecified atom stereocenters. The molecular weight excluding hydrogens is 340 g/mol. The number of benzene rings is 1. The fourth-order valence-electron chi connectivity index (χ4n) is 2.40. The van der Waals surface area contributed by atoms with E-state index in [9.17, 15) is 4.79 Å². The van der Waals surface area contributed by atoms with Gasteiger partial charge in [0.2, 0.25) is 0 Å². The molecule has 1 fully saturated rings. The summed E-state index contributed by atoms with van der Waals surface area (Å²) in [6.07, 6.45) is 1.94. The molecule has 0 spiro atoms. The summed E-state index contributed by atoms with van der Waals surface area (Å²) in [4.78, 5) is 12.9. The molecule has 3 rings (SSSR count). The lowest BCUT2D eigenvalue weighted by atomic mass is 10.1. The molecule has 1 amide bonds. The van der Waals surface area contributed by atoms with Crippen molar-refractivity contribution in [1.82, 2.24) is 5.32 Å². The first-order valence-electron chi connectivity index (χ1n) is 6.52. The third-order valence-corrected chi connectivity index (χ3v) is 5.23. The molecule has 0 saturated carbocycles. The van der Waals surface area contributed by atoms with Crippen molar-refractivity contribution in [2.45, 2.75) is 18.9 Å². The molecule has 2 aromatic rings. The number of fused-ring (bicyclic) bond motifs is 1. The number of anilines is 1. The summed E-state index contributed by atoms with van der Waals surface area (Å²) in [6.45, 7) is 1.37. The Morgan fingerprint density at radius 3 is 3.05 bits per heavy atom. The minimum Gasteiger partial charge on any atom is -0.397 e. The van der Waals surface area contributed by atoms with Gasteiger partial charge in [0.05, 0.1) is 18.3 Å². The van der Waals surface area contributed by atoms with E-state index in [2.05, 4.69) is 21.2 Å². The van der Waals surface area contributed by atoms with Crippen molar-refractivity contribution < 1.29 is 9.53 Å². The van der Waals surface area contributed by atoms with Crippen molar-refractivity contribution in [2.24, 2.45) is 0 Å². The minimum atomic E-state index is -0.105. The van der Waals surface area contributed by atoms with E-state index in [4.69, 9.17) is 10.5 Å². The van der Waals surface area contributed by atoms with Crippen molar-refractivity contribution in [3.63, 3.8) is 0 Å². The highest BCUT2D eigenvalue weighted by atomic mass is 79.9. The number of rotatable bonds is 2. The number of carbonyl (C=O) groups excluding carboxylic acids is 1. The molecule has 1 aromatic heterocycles. The van der Waals surface area contributed by atoms with Crippen LogP contribution in [-0.2, 0) is 4.74 Å². The maximum Gasteiger partial charge on any atom is 0.263 e. The van der Waals surface area contributed by atoms with Gasteiger partial charge in [-0.15, -0.1) is 11.3 Å². The quantitative estimate of drug-likeness (QED) is 0.870. The lowest BCUT2D eigenvalue weighted by molar-refractivity contribution is 0.0626. The Balaban J connectivity index is 1.87. The SMILES string of the molecule is Nc1c(C(=O)NC2CCCOC2)sc2cccc(Br)c12. The molecule has 6 heteroatoms. The largest absolute Gasteiger partial charge is 0.397 e. The molecule has 1 atom stereocenters. The summed E-state index contributed by atoms with van der Waals surface area (Å²) in [5.41, 5.74) is 6.68. The summed E-state index contributed by atoms with van der Waals surface area (Å²) >= 11 is 4.91. The van der Waals surface area contributed by atoms with Crippen LogP contribution in [0.5, 0.6) is 0 Å². The van der Waals surface area contributed by atoms with E-state index in [1.807, 2.05) is 18.2 Å². The normalized spacial score (nSPS) is 19.1. The fourth-order valence-corrected chi connectivity index (χ4v) is 4.17. The van der Waals surface area contributed by atoms with Gasteiger partial charge in [-0.05, 0) is 25.0 Å². The Kier molecular flexibility index (Phi) is 3.96. The Bertz CT molecular complexity index is 650. The number of nitrogen functional groups attached to an aromatic ring is 1. The van der Waals surface area contributed by atoms with Crippen LogP contribution in [0.2, 0.25) is 0 Å². The third-order valence-electron chi connectivity index (χ3n) is 3.40. The van der Waals surface area contributed by atoms with Gasteiger partial charge in [0.15, 0.2) is 0 Å². The predicted molar refractivity (Wildman–Crippen MR) is 85.2 cm³/mol. The maximum absolute atomic E-state index is 12.4. The van der Waals surface area contributed by atoms with Crippen molar-refractivity contribution in [2.75, 3.05) is 18.9 Å². The van der Waals surface area contributed by atoms with Gasteiger partial charge >= 0.3 is 0 Å². The number of ether oxygens (including phenoxy) is 1. The van der Waals surface area contributed by atoms with Crippen molar-refractivity contribution in [3.8, 4) is 0 Å². The van der Waals surface area contributed by atoms with Crippen LogP contribution in [0.1, 0.15) is 22.5 Å². The van der Waals surface area contributed by atoms with Gasteiger partial charge in [-0.3, -0.25) is 4.79 Å². The van der Waals surface area contributed by atoms with E-state index in [1.54, 1.807) is 0 Å².